The highest BCUT2D eigenvalue weighted by molar-refractivity contribution is 6.31. The molecule has 0 spiro atoms. The smallest absolute Gasteiger partial charge is 0.312 e. The summed E-state index contributed by atoms with van der Waals surface area (Å²) in [5.74, 6) is 0.562. The predicted molar refractivity (Wildman–Crippen MR) is 77.7 cm³/mol. The summed E-state index contributed by atoms with van der Waals surface area (Å²) >= 11 is 6.13. The van der Waals surface area contributed by atoms with E-state index in [0.29, 0.717) is 17.9 Å². The molecule has 7 heteroatoms. The molecule has 0 bridgehead atoms. The van der Waals surface area contributed by atoms with Gasteiger partial charge in [-0.1, -0.05) is 11.6 Å². The van der Waals surface area contributed by atoms with E-state index in [1.807, 2.05) is 0 Å². The number of halogens is 1. The third-order valence-electron chi connectivity index (χ3n) is 4.81. The highest BCUT2D eigenvalue weighted by Crippen LogP contribution is 2.60. The lowest BCUT2D eigenvalue weighted by Gasteiger charge is -2.27. The van der Waals surface area contributed by atoms with Crippen LogP contribution in [-0.2, 0) is 5.60 Å². The molecule has 2 amide bonds. The molecule has 0 saturated heterocycles. The van der Waals surface area contributed by atoms with Gasteiger partial charge in [-0.2, -0.15) is 5.10 Å². The van der Waals surface area contributed by atoms with Crippen LogP contribution in [0.3, 0.4) is 0 Å². The van der Waals surface area contributed by atoms with Gasteiger partial charge in [0.2, 0.25) is 0 Å². The third-order valence-corrected chi connectivity index (χ3v) is 5.03. The normalized spacial score (nSPS) is 33.9. The van der Waals surface area contributed by atoms with Crippen LogP contribution in [0.25, 0.3) is 10.9 Å². The second-order valence-corrected chi connectivity index (χ2v) is 6.52. The number of aromatic nitrogens is 2. The second-order valence-electron chi connectivity index (χ2n) is 6.09. The Kier molecular flexibility index (Phi) is 2.53. The molecule has 4 rings (SSSR count). The van der Waals surface area contributed by atoms with Crippen molar-refractivity contribution in [2.24, 2.45) is 17.6 Å². The monoisotopic (exact) mass is 306 g/mol. The number of nitrogens with zero attached hydrogens (tertiary/aromatic N) is 1. The van der Waals surface area contributed by atoms with E-state index >= 15 is 0 Å². The van der Waals surface area contributed by atoms with Gasteiger partial charge in [0.05, 0.1) is 17.3 Å². The summed E-state index contributed by atoms with van der Waals surface area (Å²) in [5, 5.41) is 22.1. The highest BCUT2D eigenvalue weighted by Gasteiger charge is 2.62. The lowest BCUT2D eigenvalue weighted by atomic mass is 9.86. The van der Waals surface area contributed by atoms with E-state index in [1.165, 1.54) is 0 Å². The van der Waals surface area contributed by atoms with Gasteiger partial charge in [-0.15, -0.1) is 0 Å². The van der Waals surface area contributed by atoms with Gasteiger partial charge in [0, 0.05) is 16.5 Å². The average Bonchev–Trinajstić information content (AvgIpc) is 2.83. The van der Waals surface area contributed by atoms with Gasteiger partial charge in [0.1, 0.15) is 0 Å². The molecule has 4 atom stereocenters. The van der Waals surface area contributed by atoms with Crippen LogP contribution < -0.4 is 11.1 Å². The van der Waals surface area contributed by atoms with E-state index in [1.54, 1.807) is 18.3 Å². The van der Waals surface area contributed by atoms with Gasteiger partial charge < -0.3 is 16.2 Å². The molecule has 2 aliphatic carbocycles. The Morgan fingerprint density at radius 1 is 1.48 bits per heavy atom. The van der Waals surface area contributed by atoms with Crippen molar-refractivity contribution in [1.82, 2.24) is 15.5 Å². The summed E-state index contributed by atoms with van der Waals surface area (Å²) in [6.45, 7) is 0. The van der Waals surface area contributed by atoms with Crippen molar-refractivity contribution in [3.63, 3.8) is 0 Å². The van der Waals surface area contributed by atoms with E-state index in [2.05, 4.69) is 15.5 Å². The van der Waals surface area contributed by atoms with Gasteiger partial charge in [-0.05, 0) is 42.4 Å². The molecule has 2 fully saturated rings. The second kappa shape index (κ2) is 4.11. The SMILES string of the molecule is NC(=O)N[C@H]1[C@@H]2C[C@](O)(c3cc(Cl)cc4[nH]ncc34)C[C@@H]21. The third kappa shape index (κ3) is 1.90. The fourth-order valence-corrected chi connectivity index (χ4v) is 4.08. The number of aliphatic hydroxyl groups is 1. The van der Waals surface area contributed by atoms with E-state index < -0.39 is 11.6 Å². The molecule has 0 aliphatic heterocycles. The summed E-state index contributed by atoms with van der Waals surface area (Å²) in [6, 6.07) is 3.20. The minimum absolute atomic E-state index is 0.0989. The van der Waals surface area contributed by atoms with Crippen LogP contribution >= 0.6 is 11.6 Å². The Bertz CT molecular complexity index is 732. The van der Waals surface area contributed by atoms with Crippen molar-refractivity contribution < 1.29 is 9.90 Å². The Morgan fingerprint density at radius 3 is 2.86 bits per heavy atom. The van der Waals surface area contributed by atoms with Crippen LogP contribution in [0.4, 0.5) is 4.79 Å². The molecule has 21 heavy (non-hydrogen) atoms. The number of hydrogen-bond donors (Lipinski definition) is 4. The molecule has 0 unspecified atom stereocenters. The Labute approximate surface area is 125 Å². The van der Waals surface area contributed by atoms with Gasteiger partial charge >= 0.3 is 6.03 Å². The number of carbonyl (C=O) groups is 1. The van der Waals surface area contributed by atoms with Crippen molar-refractivity contribution in [2.75, 3.05) is 0 Å². The lowest BCUT2D eigenvalue weighted by Crippen LogP contribution is -2.36. The van der Waals surface area contributed by atoms with Crippen molar-refractivity contribution in [3.8, 4) is 0 Å². The zero-order chi connectivity index (χ0) is 14.8. The fraction of sp³-hybridized carbons (Fsp3) is 0.429. The molecule has 6 nitrogen and oxygen atoms in total. The van der Waals surface area contributed by atoms with E-state index in [0.717, 1.165) is 16.5 Å². The number of rotatable bonds is 2. The molecule has 1 heterocycles. The molecular weight excluding hydrogens is 292 g/mol. The van der Waals surface area contributed by atoms with E-state index in [9.17, 15) is 9.90 Å². The topological polar surface area (TPSA) is 104 Å². The first-order valence-electron chi connectivity index (χ1n) is 6.89. The van der Waals surface area contributed by atoms with E-state index in [4.69, 9.17) is 17.3 Å². The van der Waals surface area contributed by atoms with Crippen LogP contribution in [0.2, 0.25) is 5.02 Å². The summed E-state index contributed by atoms with van der Waals surface area (Å²) in [6.07, 6.45) is 2.91. The Balaban J connectivity index is 1.65. The van der Waals surface area contributed by atoms with Crippen LogP contribution in [0.5, 0.6) is 0 Å². The number of primary amides is 1. The lowest BCUT2D eigenvalue weighted by molar-refractivity contribution is 0.0299. The Hall–Kier alpha value is -1.79. The molecule has 2 saturated carbocycles. The average molecular weight is 307 g/mol. The largest absolute Gasteiger partial charge is 0.385 e. The predicted octanol–water partition coefficient (Wildman–Crippen LogP) is 1.48. The van der Waals surface area contributed by atoms with E-state index in [-0.39, 0.29) is 17.9 Å². The minimum atomic E-state index is -0.918. The summed E-state index contributed by atoms with van der Waals surface area (Å²) < 4.78 is 0. The molecule has 1 aromatic heterocycles. The summed E-state index contributed by atoms with van der Waals surface area (Å²) in [5.41, 5.74) is 5.86. The fourth-order valence-electron chi connectivity index (χ4n) is 3.86. The number of urea groups is 1. The number of benzene rings is 1. The first-order valence-corrected chi connectivity index (χ1v) is 7.27. The quantitative estimate of drug-likeness (QED) is 0.675. The zero-order valence-corrected chi connectivity index (χ0v) is 11.9. The number of amides is 2. The first-order chi connectivity index (χ1) is 9.98. The van der Waals surface area contributed by atoms with Gasteiger partial charge in [0.15, 0.2) is 0 Å². The first kappa shape index (κ1) is 12.9. The number of nitrogens with one attached hydrogen (secondary N) is 2. The molecule has 0 radical (unpaired) electrons. The molecule has 1 aromatic carbocycles. The number of H-pyrrole nitrogens is 1. The maximum Gasteiger partial charge on any atom is 0.312 e. The maximum absolute atomic E-state index is 11.0. The summed E-state index contributed by atoms with van der Waals surface area (Å²) in [7, 11) is 0. The number of aromatic amines is 1. The van der Waals surface area contributed by atoms with Gasteiger partial charge in [-0.3, -0.25) is 5.10 Å². The highest BCUT2D eigenvalue weighted by atomic mass is 35.5. The molecule has 2 aliphatic rings. The van der Waals surface area contributed by atoms with Gasteiger partial charge in [0.25, 0.3) is 0 Å². The van der Waals surface area contributed by atoms with Crippen molar-refractivity contribution in [2.45, 2.75) is 24.5 Å². The van der Waals surface area contributed by atoms with Crippen molar-refractivity contribution >= 4 is 28.5 Å². The maximum atomic E-state index is 11.0. The van der Waals surface area contributed by atoms with Crippen LogP contribution in [-0.4, -0.2) is 27.4 Å². The minimum Gasteiger partial charge on any atom is -0.385 e. The zero-order valence-electron chi connectivity index (χ0n) is 11.1. The van der Waals surface area contributed by atoms with Crippen LogP contribution in [0, 0.1) is 11.8 Å². The van der Waals surface area contributed by atoms with Gasteiger partial charge in [-0.25, -0.2) is 4.79 Å². The number of hydrogen-bond acceptors (Lipinski definition) is 3. The number of fused-ring (bicyclic) bond motifs is 2. The molecular formula is C14H15ClN4O2. The Morgan fingerprint density at radius 2 is 2.19 bits per heavy atom. The molecule has 2 aromatic rings. The number of nitrogens with two attached hydrogens (primary N) is 1. The molecule has 110 valence electrons. The standard InChI is InChI=1S/C14H15ClN4O2/c15-6-1-10(9-5-17-19-11(9)2-6)14(21)3-7-8(4-14)12(7)18-13(16)20/h1-2,5,7-8,12,21H,3-4H2,(H,17,19)(H3,16,18,20)/t7-,8+,12+,14-. The van der Waals surface area contributed by atoms with Crippen molar-refractivity contribution in [3.05, 3.63) is 28.9 Å². The van der Waals surface area contributed by atoms with Crippen LogP contribution in [0.1, 0.15) is 18.4 Å². The van der Waals surface area contributed by atoms with Crippen LogP contribution in [0.15, 0.2) is 18.3 Å². The molecule has 5 N–H and O–H groups in total. The number of carbonyl (C=O) groups excluding carboxylic acids is 1. The summed E-state index contributed by atoms with van der Waals surface area (Å²) in [4.78, 5) is 10.9. The van der Waals surface area contributed by atoms with Crippen molar-refractivity contribution in [1.29, 1.82) is 0 Å².